The molecule has 0 spiro atoms. The average molecular weight is 299 g/mol. The monoisotopic (exact) mass is 298 g/mol. The maximum Gasteiger partial charge on any atom is 0.329 e. The number of aryl methyl sites for hydroxylation is 1. The zero-order valence-electron chi connectivity index (χ0n) is 9.40. The molecule has 0 bridgehead atoms. The number of hydrogen-bond donors (Lipinski definition) is 1. The number of nitrogens with zero attached hydrogens (tertiary/aromatic N) is 3. The molecule has 17 heavy (non-hydrogen) atoms. The van der Waals surface area contributed by atoms with Crippen LogP contribution in [0.4, 0.5) is 0 Å². The van der Waals surface area contributed by atoms with Gasteiger partial charge in [0.05, 0.1) is 6.04 Å². The lowest BCUT2D eigenvalue weighted by Crippen LogP contribution is -2.29. The van der Waals surface area contributed by atoms with Crippen molar-refractivity contribution < 1.29 is 0 Å². The summed E-state index contributed by atoms with van der Waals surface area (Å²) in [5.74, 6) is 0. The van der Waals surface area contributed by atoms with Crippen LogP contribution in [0.15, 0.2) is 27.0 Å². The molecular weight excluding hydrogens is 288 g/mol. The van der Waals surface area contributed by atoms with E-state index in [-0.39, 0.29) is 6.04 Å². The summed E-state index contributed by atoms with van der Waals surface area (Å²) in [4.78, 5) is 29.7. The minimum absolute atomic E-state index is 0.104. The van der Waals surface area contributed by atoms with E-state index in [1.807, 2.05) is 6.92 Å². The molecule has 0 saturated heterocycles. The average Bonchev–Trinajstić information content (AvgIpc) is 2.63. The number of nitrogens with one attached hydrogen (secondary N) is 1. The Balaban J connectivity index is 3.02. The fraction of sp³-hybridized carbons (Fsp3) is 0.300. The van der Waals surface area contributed by atoms with Crippen molar-refractivity contribution in [3.63, 3.8) is 0 Å². The Labute approximate surface area is 105 Å². The van der Waals surface area contributed by atoms with E-state index < -0.39 is 11.2 Å². The Morgan fingerprint density at radius 1 is 1.53 bits per heavy atom. The van der Waals surface area contributed by atoms with E-state index >= 15 is 0 Å². The van der Waals surface area contributed by atoms with Gasteiger partial charge in [-0.05, 0) is 22.9 Å². The molecule has 7 heteroatoms. The fourth-order valence-corrected chi connectivity index (χ4v) is 2.32. The summed E-state index contributed by atoms with van der Waals surface area (Å²) in [6.45, 7) is 5.56. The van der Waals surface area contributed by atoms with Gasteiger partial charge < -0.3 is 4.57 Å². The summed E-state index contributed by atoms with van der Waals surface area (Å²) >= 11 is 3.28. The molecule has 90 valence electrons. The van der Waals surface area contributed by atoms with Crippen LogP contribution in [-0.4, -0.2) is 19.1 Å². The molecule has 0 saturated carbocycles. The summed E-state index contributed by atoms with van der Waals surface area (Å²) < 4.78 is 3.47. The molecule has 0 unspecified atom stereocenters. The van der Waals surface area contributed by atoms with E-state index in [1.54, 1.807) is 17.7 Å². The van der Waals surface area contributed by atoms with Crippen molar-refractivity contribution in [1.82, 2.24) is 19.1 Å². The first-order chi connectivity index (χ1) is 7.97. The number of halogens is 1. The van der Waals surface area contributed by atoms with Gasteiger partial charge in [-0.2, -0.15) is 0 Å². The van der Waals surface area contributed by atoms with E-state index in [0.29, 0.717) is 15.9 Å². The maximum atomic E-state index is 11.8. The number of aromatic nitrogens is 4. The molecule has 2 heterocycles. The number of allylic oxidation sites excluding steroid dienone is 1. The van der Waals surface area contributed by atoms with Crippen LogP contribution in [0.1, 0.15) is 13.0 Å². The second-order valence-corrected chi connectivity index (χ2v) is 4.43. The van der Waals surface area contributed by atoms with Crippen LogP contribution < -0.4 is 11.2 Å². The minimum Gasteiger partial charge on any atom is -0.306 e. The Morgan fingerprint density at radius 2 is 2.18 bits per heavy atom. The first-order valence-corrected chi connectivity index (χ1v) is 5.76. The molecule has 0 aliphatic heterocycles. The molecule has 0 radical (unpaired) electrons. The van der Waals surface area contributed by atoms with Gasteiger partial charge in [0.2, 0.25) is 0 Å². The minimum atomic E-state index is -0.481. The number of rotatable bonds is 2. The highest BCUT2D eigenvalue weighted by molar-refractivity contribution is 9.10. The predicted octanol–water partition coefficient (Wildman–Crippen LogP) is 0.933. The van der Waals surface area contributed by atoms with Crippen LogP contribution in [0.3, 0.4) is 0 Å². The summed E-state index contributed by atoms with van der Waals surface area (Å²) in [5, 5.41) is 0. The maximum absolute atomic E-state index is 11.8. The molecule has 0 amide bonds. The summed E-state index contributed by atoms with van der Waals surface area (Å²) in [7, 11) is 1.56. The topological polar surface area (TPSA) is 72.7 Å². The van der Waals surface area contributed by atoms with Crippen LogP contribution in [-0.2, 0) is 7.05 Å². The number of fused-ring (bicyclic) bond motifs is 1. The van der Waals surface area contributed by atoms with E-state index in [4.69, 9.17) is 0 Å². The molecule has 1 atom stereocenters. The van der Waals surface area contributed by atoms with Crippen LogP contribution in [0.25, 0.3) is 11.2 Å². The van der Waals surface area contributed by atoms with Gasteiger partial charge in [0.15, 0.2) is 15.9 Å². The Morgan fingerprint density at radius 3 is 2.76 bits per heavy atom. The van der Waals surface area contributed by atoms with Gasteiger partial charge in [0.25, 0.3) is 5.56 Å². The number of hydrogen-bond acceptors (Lipinski definition) is 3. The van der Waals surface area contributed by atoms with Crippen molar-refractivity contribution in [2.75, 3.05) is 0 Å². The number of aromatic amines is 1. The first-order valence-electron chi connectivity index (χ1n) is 4.96. The molecule has 0 fully saturated rings. The molecule has 1 N–H and O–H groups in total. The van der Waals surface area contributed by atoms with Gasteiger partial charge in [0.1, 0.15) is 0 Å². The van der Waals surface area contributed by atoms with Crippen LogP contribution in [0.5, 0.6) is 0 Å². The van der Waals surface area contributed by atoms with E-state index in [1.165, 1.54) is 4.57 Å². The Hall–Kier alpha value is -1.63. The van der Waals surface area contributed by atoms with Gasteiger partial charge in [-0.1, -0.05) is 6.08 Å². The Kier molecular flexibility index (Phi) is 2.78. The van der Waals surface area contributed by atoms with Gasteiger partial charge >= 0.3 is 5.69 Å². The third kappa shape index (κ3) is 1.66. The van der Waals surface area contributed by atoms with Gasteiger partial charge in [-0.25, -0.2) is 9.78 Å². The molecule has 2 aromatic heterocycles. The largest absolute Gasteiger partial charge is 0.329 e. The molecular formula is C10H11BrN4O2. The summed E-state index contributed by atoms with van der Waals surface area (Å²) in [6, 6.07) is -0.104. The van der Waals surface area contributed by atoms with Crippen LogP contribution >= 0.6 is 15.9 Å². The standard InChI is InChI=1S/C10H11BrN4O2/c1-4-5(2)15-6-7(12-9(15)11)14(3)10(17)13-8(6)16/h4-5H,1H2,2-3H3,(H,13,16,17)/t5-/m0/s1. The summed E-state index contributed by atoms with van der Waals surface area (Å²) in [6.07, 6.45) is 1.69. The molecule has 0 aliphatic rings. The van der Waals surface area contributed by atoms with Crippen molar-refractivity contribution in [2.24, 2.45) is 7.05 Å². The fourth-order valence-electron chi connectivity index (χ4n) is 1.65. The highest BCUT2D eigenvalue weighted by Gasteiger charge is 2.17. The third-order valence-electron chi connectivity index (χ3n) is 2.66. The second kappa shape index (κ2) is 3.99. The Bertz CT molecular complexity index is 709. The lowest BCUT2D eigenvalue weighted by Gasteiger charge is -2.09. The molecule has 0 aromatic carbocycles. The SMILES string of the molecule is C=C[C@H](C)n1c(Br)nc2c1c(=O)[nH]c(=O)n2C. The summed E-state index contributed by atoms with van der Waals surface area (Å²) in [5.41, 5.74) is -0.230. The van der Waals surface area contributed by atoms with Gasteiger partial charge in [-0.15, -0.1) is 6.58 Å². The molecule has 0 aliphatic carbocycles. The second-order valence-electron chi connectivity index (χ2n) is 3.72. The zero-order valence-corrected chi connectivity index (χ0v) is 11.0. The normalized spacial score (nSPS) is 12.9. The highest BCUT2D eigenvalue weighted by Crippen LogP contribution is 2.21. The number of H-pyrrole nitrogens is 1. The van der Waals surface area contributed by atoms with Crippen molar-refractivity contribution in [2.45, 2.75) is 13.0 Å². The first kappa shape index (κ1) is 11.8. The van der Waals surface area contributed by atoms with Crippen molar-refractivity contribution >= 4 is 27.1 Å². The van der Waals surface area contributed by atoms with Crippen LogP contribution in [0.2, 0.25) is 0 Å². The molecule has 2 aromatic rings. The van der Waals surface area contributed by atoms with Gasteiger partial charge in [0, 0.05) is 7.05 Å². The predicted molar refractivity (Wildman–Crippen MR) is 68.2 cm³/mol. The van der Waals surface area contributed by atoms with Gasteiger partial charge in [-0.3, -0.25) is 14.3 Å². The number of imidazole rings is 1. The van der Waals surface area contributed by atoms with E-state index in [2.05, 4.69) is 32.5 Å². The van der Waals surface area contributed by atoms with Crippen LogP contribution in [0, 0.1) is 0 Å². The van der Waals surface area contributed by atoms with Crippen molar-refractivity contribution in [3.8, 4) is 0 Å². The highest BCUT2D eigenvalue weighted by atomic mass is 79.9. The van der Waals surface area contributed by atoms with E-state index in [9.17, 15) is 9.59 Å². The zero-order chi connectivity index (χ0) is 12.7. The van der Waals surface area contributed by atoms with Crippen molar-refractivity contribution in [1.29, 1.82) is 0 Å². The van der Waals surface area contributed by atoms with E-state index in [0.717, 1.165) is 0 Å². The molecule has 6 nitrogen and oxygen atoms in total. The third-order valence-corrected chi connectivity index (χ3v) is 3.22. The quantitative estimate of drug-likeness (QED) is 0.662. The van der Waals surface area contributed by atoms with Crippen molar-refractivity contribution in [3.05, 3.63) is 38.2 Å². The lowest BCUT2D eigenvalue weighted by molar-refractivity contribution is 0.663. The molecule has 2 rings (SSSR count). The smallest absolute Gasteiger partial charge is 0.306 e. The lowest BCUT2D eigenvalue weighted by atomic mass is 10.3.